The molecule has 1 atom stereocenters. The number of para-hydroxylation sites is 1. The number of carbonyl (C=O) groups is 1. The molecule has 0 aliphatic carbocycles. The van der Waals surface area contributed by atoms with E-state index in [2.05, 4.69) is 15.3 Å². The molecule has 30 heavy (non-hydrogen) atoms. The zero-order valence-electron chi connectivity index (χ0n) is 16.5. The van der Waals surface area contributed by atoms with Crippen LogP contribution in [0.2, 0.25) is 0 Å². The Kier molecular flexibility index (Phi) is 5.35. The van der Waals surface area contributed by atoms with E-state index in [1.54, 1.807) is 37.0 Å². The number of aromatic nitrogens is 4. The number of H-pyrrole nitrogens is 1. The van der Waals surface area contributed by atoms with E-state index >= 15 is 0 Å². The molecule has 1 unspecified atom stereocenters. The van der Waals surface area contributed by atoms with Crippen LogP contribution in [0.3, 0.4) is 0 Å². The van der Waals surface area contributed by atoms with Crippen LogP contribution in [0.15, 0.2) is 56.5 Å². The number of thioether (sulfide) groups is 1. The van der Waals surface area contributed by atoms with E-state index in [1.165, 1.54) is 16.0 Å². The summed E-state index contributed by atoms with van der Waals surface area (Å²) in [7, 11) is 1.77. The van der Waals surface area contributed by atoms with E-state index in [9.17, 15) is 14.4 Å². The van der Waals surface area contributed by atoms with E-state index in [0.29, 0.717) is 26.8 Å². The third kappa shape index (κ3) is 3.59. The number of benzene rings is 1. The smallest absolute Gasteiger partial charge is 0.295 e. The molecule has 154 valence electrons. The fourth-order valence-electron chi connectivity index (χ4n) is 3.06. The molecule has 0 aliphatic rings. The summed E-state index contributed by atoms with van der Waals surface area (Å²) < 4.78 is 3.21. The Morgan fingerprint density at radius 1 is 1.23 bits per heavy atom. The van der Waals surface area contributed by atoms with Gasteiger partial charge in [-0.25, -0.2) is 9.67 Å². The molecule has 1 amide bonds. The Morgan fingerprint density at radius 3 is 2.70 bits per heavy atom. The summed E-state index contributed by atoms with van der Waals surface area (Å²) in [5, 5.41) is 4.87. The molecule has 0 radical (unpaired) electrons. The molecule has 0 saturated carbocycles. The first-order valence-electron chi connectivity index (χ1n) is 9.16. The molecule has 4 aromatic rings. The zero-order chi connectivity index (χ0) is 21.4. The number of thiophene rings is 1. The number of fused-ring (bicyclic) bond motifs is 1. The van der Waals surface area contributed by atoms with Crippen molar-refractivity contribution in [2.75, 3.05) is 5.32 Å². The van der Waals surface area contributed by atoms with Gasteiger partial charge in [-0.15, -0.1) is 11.3 Å². The summed E-state index contributed by atoms with van der Waals surface area (Å²) in [5.74, 6) is -0.347. The van der Waals surface area contributed by atoms with Crippen LogP contribution >= 0.6 is 23.1 Å². The van der Waals surface area contributed by atoms with Gasteiger partial charge >= 0.3 is 0 Å². The first-order valence-corrected chi connectivity index (χ1v) is 10.9. The van der Waals surface area contributed by atoms with Crippen molar-refractivity contribution in [1.29, 1.82) is 0 Å². The molecule has 2 N–H and O–H groups in total. The van der Waals surface area contributed by atoms with Crippen LogP contribution < -0.4 is 16.4 Å². The lowest BCUT2D eigenvalue weighted by Crippen LogP contribution is -2.27. The average molecular weight is 442 g/mol. The van der Waals surface area contributed by atoms with Gasteiger partial charge in [0.25, 0.3) is 11.1 Å². The van der Waals surface area contributed by atoms with Crippen molar-refractivity contribution in [2.45, 2.75) is 24.3 Å². The number of hydrogen-bond acceptors (Lipinski definition) is 6. The fraction of sp³-hybridized carbons (Fsp3) is 0.200. The predicted octanol–water partition coefficient (Wildman–Crippen LogP) is 2.90. The molecule has 0 aliphatic heterocycles. The minimum Gasteiger partial charge on any atom is -0.319 e. The van der Waals surface area contributed by atoms with Gasteiger partial charge < -0.3 is 10.3 Å². The van der Waals surface area contributed by atoms with Crippen molar-refractivity contribution in [2.24, 2.45) is 7.05 Å². The van der Waals surface area contributed by atoms with Crippen molar-refractivity contribution < 1.29 is 4.79 Å². The van der Waals surface area contributed by atoms with E-state index in [0.717, 1.165) is 11.8 Å². The maximum Gasteiger partial charge on any atom is 0.295 e. The molecule has 0 fully saturated rings. The molecular weight excluding hydrogens is 422 g/mol. The third-order valence-electron chi connectivity index (χ3n) is 4.77. The number of aromatic amines is 1. The maximum absolute atomic E-state index is 13.0. The predicted molar refractivity (Wildman–Crippen MR) is 120 cm³/mol. The zero-order valence-corrected chi connectivity index (χ0v) is 18.1. The normalized spacial score (nSPS) is 12.2. The summed E-state index contributed by atoms with van der Waals surface area (Å²) in [4.78, 5) is 45.6. The molecule has 10 heteroatoms. The number of amides is 1. The molecular formula is C20H19N5O3S2. The average Bonchev–Trinajstić information content (AvgIpc) is 3.28. The summed E-state index contributed by atoms with van der Waals surface area (Å²) in [6.07, 6.45) is 0. The molecule has 3 aromatic heterocycles. The van der Waals surface area contributed by atoms with Gasteiger partial charge in [-0.1, -0.05) is 30.0 Å². The Morgan fingerprint density at radius 2 is 1.97 bits per heavy atom. The lowest BCUT2D eigenvalue weighted by atomic mass is 10.3. The standard InChI is InChI=1S/C20H19N5O3S2/c1-11-15(19(28)25(24(11)3)13-7-5-4-6-8-13)21-16(26)12(2)30-20-22-17(27)14-9-10-29-18(14)23-20/h4-10,12H,1-3H3,(H,21,26)(H,22,23,27). The fourth-order valence-corrected chi connectivity index (χ4v) is 4.68. The Balaban J connectivity index is 1.57. The Hall–Kier alpha value is -3.11. The molecule has 0 saturated heterocycles. The van der Waals surface area contributed by atoms with E-state index < -0.39 is 5.25 Å². The van der Waals surface area contributed by atoms with Crippen LogP contribution in [-0.4, -0.2) is 30.5 Å². The van der Waals surface area contributed by atoms with E-state index in [1.807, 2.05) is 30.3 Å². The van der Waals surface area contributed by atoms with Crippen LogP contribution in [0.1, 0.15) is 12.6 Å². The highest BCUT2D eigenvalue weighted by Gasteiger charge is 2.22. The molecule has 4 rings (SSSR count). The van der Waals surface area contributed by atoms with Crippen molar-refractivity contribution in [3.8, 4) is 5.69 Å². The summed E-state index contributed by atoms with van der Waals surface area (Å²) >= 11 is 2.50. The summed E-state index contributed by atoms with van der Waals surface area (Å²) in [6, 6.07) is 10.9. The largest absolute Gasteiger partial charge is 0.319 e. The highest BCUT2D eigenvalue weighted by atomic mass is 32.2. The topological polar surface area (TPSA) is 102 Å². The van der Waals surface area contributed by atoms with Crippen LogP contribution in [0.25, 0.3) is 15.9 Å². The van der Waals surface area contributed by atoms with Crippen molar-refractivity contribution in [1.82, 2.24) is 19.3 Å². The van der Waals surface area contributed by atoms with Gasteiger partial charge in [-0.2, -0.15) is 0 Å². The quantitative estimate of drug-likeness (QED) is 0.366. The number of anilines is 1. The Bertz CT molecular complexity index is 1350. The number of nitrogens with one attached hydrogen (secondary N) is 2. The minimum atomic E-state index is -0.574. The van der Waals surface area contributed by atoms with Gasteiger partial charge in [-0.05, 0) is 37.4 Å². The number of nitrogens with zero attached hydrogens (tertiary/aromatic N) is 3. The van der Waals surface area contributed by atoms with Crippen LogP contribution in [0.5, 0.6) is 0 Å². The number of carbonyl (C=O) groups excluding carboxylic acids is 1. The van der Waals surface area contributed by atoms with E-state index in [4.69, 9.17) is 0 Å². The second-order valence-corrected chi connectivity index (χ2v) is 8.92. The first kappa shape index (κ1) is 20.2. The van der Waals surface area contributed by atoms with Crippen LogP contribution in [-0.2, 0) is 11.8 Å². The first-order chi connectivity index (χ1) is 14.4. The Labute approximate surface area is 179 Å². The second-order valence-electron chi connectivity index (χ2n) is 6.70. The molecule has 3 heterocycles. The lowest BCUT2D eigenvalue weighted by molar-refractivity contribution is -0.115. The van der Waals surface area contributed by atoms with Crippen molar-refractivity contribution in [3.05, 3.63) is 68.2 Å². The van der Waals surface area contributed by atoms with Gasteiger partial charge in [0.1, 0.15) is 10.5 Å². The molecule has 0 spiro atoms. The van der Waals surface area contributed by atoms with Gasteiger partial charge in [0.15, 0.2) is 5.16 Å². The lowest BCUT2D eigenvalue weighted by Gasteiger charge is -2.10. The SMILES string of the molecule is Cc1c(NC(=O)C(C)Sc2nc3sccc3c(=O)[nH]2)c(=O)n(-c2ccccc2)n1C. The van der Waals surface area contributed by atoms with Crippen molar-refractivity contribution in [3.63, 3.8) is 0 Å². The van der Waals surface area contributed by atoms with E-state index in [-0.39, 0.29) is 22.7 Å². The molecule has 1 aromatic carbocycles. The summed E-state index contributed by atoms with van der Waals surface area (Å²) in [6.45, 7) is 3.48. The highest BCUT2D eigenvalue weighted by Crippen LogP contribution is 2.23. The van der Waals surface area contributed by atoms with Crippen molar-refractivity contribution >= 4 is 44.9 Å². The maximum atomic E-state index is 13.0. The van der Waals surface area contributed by atoms with Gasteiger partial charge in [-0.3, -0.25) is 19.1 Å². The van der Waals surface area contributed by atoms with Crippen LogP contribution in [0, 0.1) is 6.92 Å². The highest BCUT2D eigenvalue weighted by molar-refractivity contribution is 8.00. The summed E-state index contributed by atoms with van der Waals surface area (Å²) in [5.41, 5.74) is 1.04. The third-order valence-corrected chi connectivity index (χ3v) is 6.56. The molecule has 0 bridgehead atoms. The van der Waals surface area contributed by atoms with Crippen LogP contribution in [0.4, 0.5) is 5.69 Å². The number of hydrogen-bond donors (Lipinski definition) is 2. The molecule has 8 nitrogen and oxygen atoms in total. The minimum absolute atomic E-state index is 0.231. The second kappa shape index (κ2) is 7.96. The van der Waals surface area contributed by atoms with Gasteiger partial charge in [0.05, 0.1) is 22.0 Å². The monoisotopic (exact) mass is 441 g/mol. The number of rotatable bonds is 5. The van der Waals surface area contributed by atoms with Gasteiger partial charge in [0.2, 0.25) is 5.91 Å². The van der Waals surface area contributed by atoms with Gasteiger partial charge in [0, 0.05) is 7.05 Å².